The van der Waals surface area contributed by atoms with E-state index in [0.717, 1.165) is 11.1 Å². The predicted octanol–water partition coefficient (Wildman–Crippen LogP) is 5.55. The predicted molar refractivity (Wildman–Crippen MR) is 131 cm³/mol. The number of hydrogen-bond donors (Lipinski definition) is 2. The Morgan fingerprint density at radius 1 is 1.00 bits per heavy atom. The fourth-order valence-corrected chi connectivity index (χ4v) is 4.58. The van der Waals surface area contributed by atoms with Gasteiger partial charge >= 0.3 is 0 Å². The van der Waals surface area contributed by atoms with Crippen LogP contribution in [0.15, 0.2) is 82.5 Å². The Balaban J connectivity index is 1.68. The van der Waals surface area contributed by atoms with Crippen LogP contribution < -0.4 is 9.64 Å². The molecule has 0 saturated carbocycles. The molecule has 0 bridgehead atoms. The number of carbonyl (C=O) groups excluding carboxylic acids is 2. The molecule has 0 spiro atoms. The molecule has 7 nitrogen and oxygen atoms in total. The van der Waals surface area contributed by atoms with Crippen LogP contribution in [0.4, 0.5) is 5.69 Å². The molecule has 0 aliphatic carbocycles. The van der Waals surface area contributed by atoms with Crippen LogP contribution in [0.2, 0.25) is 0 Å². The van der Waals surface area contributed by atoms with Gasteiger partial charge in [0.25, 0.3) is 5.91 Å². The number of phenols is 1. The number of Topliss-reactive ketones (excluding diaryl/α,β-unsaturated/α-hetero) is 1. The van der Waals surface area contributed by atoms with Crippen molar-refractivity contribution in [2.24, 2.45) is 0 Å². The normalized spacial score (nSPS) is 15.8. The van der Waals surface area contributed by atoms with Crippen molar-refractivity contribution in [2.75, 3.05) is 12.0 Å². The highest BCUT2D eigenvalue weighted by Crippen LogP contribution is 2.44. The van der Waals surface area contributed by atoms with Gasteiger partial charge in [0.2, 0.25) is 5.78 Å². The average Bonchev–Trinajstić information content (AvgIpc) is 3.39. The number of furan rings is 1. The number of aliphatic hydroxyl groups is 1. The standard InChI is InChI=1S/C28H23NO6/c1-15-7-12-20(16(2)13-15)29-24(17-8-10-19(30)11-9-17)23(26(32)28(29)33)25(31)22-14-18-5-4-6-21(34-3)27(18)35-22/h4-14,24,30,32H,1-3H3. The molecule has 0 saturated heterocycles. The average molecular weight is 469 g/mol. The van der Waals surface area contributed by atoms with Gasteiger partial charge in [-0.05, 0) is 55.3 Å². The highest BCUT2D eigenvalue weighted by atomic mass is 16.5. The molecule has 1 amide bonds. The van der Waals surface area contributed by atoms with Crippen molar-refractivity contribution < 1.29 is 29.0 Å². The number of nitrogens with zero attached hydrogens (tertiary/aromatic N) is 1. The first-order valence-corrected chi connectivity index (χ1v) is 11.0. The first-order valence-electron chi connectivity index (χ1n) is 11.0. The summed E-state index contributed by atoms with van der Waals surface area (Å²) in [6.45, 7) is 3.81. The molecule has 2 heterocycles. The minimum Gasteiger partial charge on any atom is -0.508 e. The van der Waals surface area contributed by atoms with E-state index in [4.69, 9.17) is 9.15 Å². The number of aryl methyl sites for hydroxylation is 2. The van der Waals surface area contributed by atoms with Crippen molar-refractivity contribution in [2.45, 2.75) is 19.9 Å². The van der Waals surface area contributed by atoms with Crippen LogP contribution in [0, 0.1) is 13.8 Å². The Morgan fingerprint density at radius 2 is 1.74 bits per heavy atom. The van der Waals surface area contributed by atoms with Crippen molar-refractivity contribution in [3.63, 3.8) is 0 Å². The van der Waals surface area contributed by atoms with Gasteiger partial charge in [0, 0.05) is 11.1 Å². The number of fused-ring (bicyclic) bond motifs is 1. The number of aromatic hydroxyl groups is 1. The first-order chi connectivity index (χ1) is 16.8. The number of ether oxygens (including phenoxy) is 1. The molecule has 3 aromatic carbocycles. The molecule has 1 atom stereocenters. The summed E-state index contributed by atoms with van der Waals surface area (Å²) < 4.78 is 11.2. The minimum atomic E-state index is -0.924. The lowest BCUT2D eigenvalue weighted by atomic mass is 9.94. The van der Waals surface area contributed by atoms with Gasteiger partial charge < -0.3 is 19.4 Å². The van der Waals surface area contributed by atoms with Crippen molar-refractivity contribution >= 4 is 28.3 Å². The summed E-state index contributed by atoms with van der Waals surface area (Å²) in [6, 6.07) is 17.7. The molecule has 4 aromatic rings. The van der Waals surface area contributed by atoms with Gasteiger partial charge in [-0.2, -0.15) is 0 Å². The number of benzene rings is 3. The van der Waals surface area contributed by atoms with Crippen LogP contribution in [-0.4, -0.2) is 29.0 Å². The van der Waals surface area contributed by atoms with Gasteiger partial charge in [0.05, 0.1) is 18.7 Å². The second-order valence-electron chi connectivity index (χ2n) is 8.54. The molecule has 1 aromatic heterocycles. The van der Waals surface area contributed by atoms with E-state index in [0.29, 0.717) is 28.0 Å². The number of aliphatic hydroxyl groups excluding tert-OH is 1. The van der Waals surface area contributed by atoms with Crippen LogP contribution >= 0.6 is 0 Å². The second-order valence-corrected chi connectivity index (χ2v) is 8.54. The number of ketones is 1. The molecule has 7 heteroatoms. The molecule has 0 fully saturated rings. The fourth-order valence-electron chi connectivity index (χ4n) is 4.58. The van der Waals surface area contributed by atoms with Crippen LogP contribution in [-0.2, 0) is 4.79 Å². The number of rotatable bonds is 5. The first kappa shape index (κ1) is 22.3. The van der Waals surface area contributed by atoms with E-state index in [1.54, 1.807) is 42.5 Å². The third kappa shape index (κ3) is 3.61. The molecule has 5 rings (SSSR count). The summed E-state index contributed by atoms with van der Waals surface area (Å²) in [5, 5.41) is 21.4. The number of hydrogen-bond acceptors (Lipinski definition) is 6. The van der Waals surface area contributed by atoms with Gasteiger partial charge in [-0.15, -0.1) is 0 Å². The van der Waals surface area contributed by atoms with Crippen LogP contribution in [0.3, 0.4) is 0 Å². The molecule has 1 unspecified atom stereocenters. The highest BCUT2D eigenvalue weighted by molar-refractivity contribution is 6.21. The second kappa shape index (κ2) is 8.36. The van der Waals surface area contributed by atoms with Crippen LogP contribution in [0.1, 0.15) is 33.3 Å². The zero-order chi connectivity index (χ0) is 24.9. The summed E-state index contributed by atoms with van der Waals surface area (Å²) in [5.41, 5.74) is 3.26. The quantitative estimate of drug-likeness (QED) is 0.372. The number of carbonyl (C=O) groups is 2. The summed E-state index contributed by atoms with van der Waals surface area (Å²) in [7, 11) is 1.51. The Morgan fingerprint density at radius 3 is 2.43 bits per heavy atom. The zero-order valence-corrected chi connectivity index (χ0v) is 19.4. The summed E-state index contributed by atoms with van der Waals surface area (Å²) >= 11 is 0. The summed E-state index contributed by atoms with van der Waals surface area (Å²) in [5.74, 6) is -1.45. The molecular formula is C28H23NO6. The van der Waals surface area contributed by atoms with Gasteiger partial charge in [0.15, 0.2) is 22.9 Å². The fraction of sp³-hybridized carbons (Fsp3) is 0.143. The lowest BCUT2D eigenvalue weighted by Crippen LogP contribution is -2.31. The highest BCUT2D eigenvalue weighted by Gasteiger charge is 2.45. The summed E-state index contributed by atoms with van der Waals surface area (Å²) in [6.07, 6.45) is 0. The number of amides is 1. The van der Waals surface area contributed by atoms with Crippen molar-refractivity contribution in [3.8, 4) is 11.5 Å². The van der Waals surface area contributed by atoms with E-state index in [9.17, 15) is 19.8 Å². The Hall–Kier alpha value is -4.52. The molecule has 0 radical (unpaired) electrons. The van der Waals surface area contributed by atoms with E-state index in [1.807, 2.05) is 26.0 Å². The minimum absolute atomic E-state index is 0.0230. The Bertz CT molecular complexity index is 1510. The van der Waals surface area contributed by atoms with E-state index in [1.165, 1.54) is 24.1 Å². The van der Waals surface area contributed by atoms with Crippen molar-refractivity contribution in [1.29, 1.82) is 0 Å². The molecule has 35 heavy (non-hydrogen) atoms. The maximum atomic E-state index is 13.8. The third-order valence-corrected chi connectivity index (χ3v) is 6.23. The number of anilines is 1. The van der Waals surface area contributed by atoms with Crippen molar-refractivity contribution in [1.82, 2.24) is 0 Å². The van der Waals surface area contributed by atoms with E-state index >= 15 is 0 Å². The van der Waals surface area contributed by atoms with Crippen LogP contribution in [0.25, 0.3) is 11.0 Å². The Labute approximate surface area is 201 Å². The van der Waals surface area contributed by atoms with Crippen LogP contribution in [0.5, 0.6) is 11.5 Å². The van der Waals surface area contributed by atoms with Gasteiger partial charge in [0.1, 0.15) is 5.75 Å². The van der Waals surface area contributed by atoms with Gasteiger partial charge in [-0.25, -0.2) is 0 Å². The van der Waals surface area contributed by atoms with Gasteiger partial charge in [-0.1, -0.05) is 42.0 Å². The molecule has 1 aliphatic rings. The lowest BCUT2D eigenvalue weighted by molar-refractivity contribution is -0.117. The smallest absolute Gasteiger partial charge is 0.294 e. The molecule has 2 N–H and O–H groups in total. The topological polar surface area (TPSA) is 100 Å². The van der Waals surface area contributed by atoms with Gasteiger partial charge in [-0.3, -0.25) is 14.5 Å². The van der Waals surface area contributed by atoms with Crippen molar-refractivity contribution in [3.05, 3.63) is 101 Å². The molecule has 1 aliphatic heterocycles. The maximum absolute atomic E-state index is 13.8. The van der Waals surface area contributed by atoms with E-state index in [-0.39, 0.29) is 17.1 Å². The number of para-hydroxylation sites is 1. The largest absolute Gasteiger partial charge is 0.508 e. The monoisotopic (exact) mass is 469 g/mol. The Kier molecular flexibility index (Phi) is 5.32. The molecule has 176 valence electrons. The maximum Gasteiger partial charge on any atom is 0.294 e. The lowest BCUT2D eigenvalue weighted by Gasteiger charge is -2.28. The SMILES string of the molecule is COc1cccc2cc(C(=O)C3=C(O)C(=O)N(c4ccc(C)cc4C)C3c3ccc(O)cc3)oc12. The molecular weight excluding hydrogens is 446 g/mol. The van der Waals surface area contributed by atoms with E-state index < -0.39 is 23.5 Å². The third-order valence-electron chi connectivity index (χ3n) is 6.23. The zero-order valence-electron chi connectivity index (χ0n) is 19.4. The van der Waals surface area contributed by atoms with E-state index in [2.05, 4.69) is 0 Å². The number of phenolic OH excluding ortho intramolecular Hbond substituents is 1. The number of methoxy groups -OCH3 is 1. The summed E-state index contributed by atoms with van der Waals surface area (Å²) in [4.78, 5) is 28.5.